The highest BCUT2D eigenvalue weighted by Gasteiger charge is 2.25. The van der Waals surface area contributed by atoms with Crippen LogP contribution in [0.1, 0.15) is 0 Å². The monoisotopic (exact) mass is 166 g/mol. The van der Waals surface area contributed by atoms with E-state index in [0.717, 1.165) is 0 Å². The highest BCUT2D eigenvalue weighted by atomic mass is 35.5. The van der Waals surface area contributed by atoms with E-state index in [-0.39, 0.29) is 19.0 Å². The van der Waals surface area contributed by atoms with Gasteiger partial charge in [0.25, 0.3) is 0 Å². The third kappa shape index (κ3) is 1.77. The zero-order valence-electron chi connectivity index (χ0n) is 4.96. The zero-order chi connectivity index (χ0) is 6.85. The lowest BCUT2D eigenvalue weighted by Crippen LogP contribution is -2.33. The Morgan fingerprint density at radius 1 is 1.70 bits per heavy atom. The van der Waals surface area contributed by atoms with Gasteiger partial charge >= 0.3 is 12.0 Å². The summed E-state index contributed by atoms with van der Waals surface area (Å²) < 4.78 is 0. The number of rotatable bonds is 1. The number of carboxylic acids is 1. The molecule has 5 nitrogen and oxygen atoms in total. The summed E-state index contributed by atoms with van der Waals surface area (Å²) in [6.07, 6.45) is 0. The van der Waals surface area contributed by atoms with E-state index in [1.165, 1.54) is 0 Å². The van der Waals surface area contributed by atoms with Crippen molar-refractivity contribution in [2.75, 3.05) is 6.54 Å². The van der Waals surface area contributed by atoms with Gasteiger partial charge in [0.2, 0.25) is 0 Å². The first kappa shape index (κ1) is 9.03. The summed E-state index contributed by atoms with van der Waals surface area (Å²) in [5, 5.41) is 12.8. The Hall–Kier alpha value is -0.970. The molecule has 0 radical (unpaired) electrons. The third-order valence-electron chi connectivity index (χ3n) is 1.07. The lowest BCUT2D eigenvalue weighted by molar-refractivity contribution is -0.138. The van der Waals surface area contributed by atoms with E-state index in [0.29, 0.717) is 0 Å². The molecular formula is C4H7ClN2O3. The maximum Gasteiger partial charge on any atom is 0.328 e. The van der Waals surface area contributed by atoms with E-state index in [1.54, 1.807) is 0 Å². The Labute approximate surface area is 63.2 Å². The molecule has 10 heavy (non-hydrogen) atoms. The lowest BCUT2D eigenvalue weighted by atomic mass is 10.3. The molecular weight excluding hydrogens is 160 g/mol. The Balaban J connectivity index is 0.000000810. The summed E-state index contributed by atoms with van der Waals surface area (Å²) in [4.78, 5) is 20.4. The minimum atomic E-state index is -1.01. The summed E-state index contributed by atoms with van der Waals surface area (Å²) in [7, 11) is 0. The molecule has 0 aromatic heterocycles. The second-order valence-electron chi connectivity index (χ2n) is 1.75. The SMILES string of the molecule is Cl.O=C1NCC(C(=O)O)N1. The van der Waals surface area contributed by atoms with Crippen LogP contribution in [0, 0.1) is 0 Å². The molecule has 0 saturated carbocycles. The van der Waals surface area contributed by atoms with Crippen molar-refractivity contribution in [2.24, 2.45) is 0 Å². The molecule has 0 bridgehead atoms. The van der Waals surface area contributed by atoms with Gasteiger partial charge in [0, 0.05) is 0 Å². The van der Waals surface area contributed by atoms with Crippen molar-refractivity contribution in [1.29, 1.82) is 0 Å². The molecule has 1 atom stereocenters. The molecule has 0 aromatic rings. The van der Waals surface area contributed by atoms with Crippen molar-refractivity contribution in [3.63, 3.8) is 0 Å². The average molecular weight is 167 g/mol. The second kappa shape index (κ2) is 3.26. The highest BCUT2D eigenvalue weighted by Crippen LogP contribution is 1.88. The van der Waals surface area contributed by atoms with Crippen molar-refractivity contribution in [1.82, 2.24) is 10.6 Å². The number of carbonyl (C=O) groups excluding carboxylic acids is 1. The number of carboxylic acid groups (broad SMARTS) is 1. The molecule has 3 N–H and O–H groups in total. The number of carbonyl (C=O) groups is 2. The normalized spacial score (nSPS) is 22.4. The van der Waals surface area contributed by atoms with Crippen LogP contribution in [0.5, 0.6) is 0 Å². The minimum absolute atomic E-state index is 0. The van der Waals surface area contributed by atoms with E-state index in [9.17, 15) is 9.59 Å². The maximum absolute atomic E-state index is 10.3. The molecule has 1 unspecified atom stereocenters. The molecule has 6 heteroatoms. The smallest absolute Gasteiger partial charge is 0.328 e. The molecule has 1 rings (SSSR count). The first-order chi connectivity index (χ1) is 4.20. The van der Waals surface area contributed by atoms with Gasteiger partial charge in [-0.15, -0.1) is 12.4 Å². The van der Waals surface area contributed by atoms with Crippen LogP contribution in [0.15, 0.2) is 0 Å². The van der Waals surface area contributed by atoms with E-state index < -0.39 is 18.0 Å². The first-order valence-electron chi connectivity index (χ1n) is 2.47. The Kier molecular flexibility index (Phi) is 2.95. The fraction of sp³-hybridized carbons (Fsp3) is 0.500. The average Bonchev–Trinajstić information content (AvgIpc) is 2.14. The number of aliphatic carboxylic acids is 1. The van der Waals surface area contributed by atoms with Crippen molar-refractivity contribution >= 4 is 24.4 Å². The summed E-state index contributed by atoms with van der Waals surface area (Å²) in [5.74, 6) is -1.01. The largest absolute Gasteiger partial charge is 0.480 e. The third-order valence-corrected chi connectivity index (χ3v) is 1.07. The Morgan fingerprint density at radius 3 is 2.50 bits per heavy atom. The van der Waals surface area contributed by atoms with Crippen LogP contribution in [0.4, 0.5) is 4.79 Å². The predicted octanol–water partition coefficient (Wildman–Crippen LogP) is -0.826. The predicted molar refractivity (Wildman–Crippen MR) is 35.2 cm³/mol. The molecule has 1 saturated heterocycles. The second-order valence-corrected chi connectivity index (χ2v) is 1.75. The van der Waals surface area contributed by atoms with E-state index in [4.69, 9.17) is 5.11 Å². The molecule has 2 amide bonds. The number of hydrogen-bond acceptors (Lipinski definition) is 2. The standard InChI is InChI=1S/C4H6N2O3.ClH/c7-3(8)2-1-5-4(9)6-2;/h2H,1H2,(H,7,8)(H2,5,6,9);1H. The van der Waals surface area contributed by atoms with Crippen LogP contribution in [0.3, 0.4) is 0 Å². The van der Waals surface area contributed by atoms with Gasteiger partial charge in [-0.05, 0) is 0 Å². The van der Waals surface area contributed by atoms with Gasteiger partial charge in [-0.1, -0.05) is 0 Å². The topological polar surface area (TPSA) is 78.4 Å². The maximum atomic E-state index is 10.3. The van der Waals surface area contributed by atoms with Gasteiger partial charge in [-0.25, -0.2) is 9.59 Å². The Bertz CT molecular complexity index is 161. The van der Waals surface area contributed by atoms with E-state index in [2.05, 4.69) is 10.6 Å². The molecule has 1 aliphatic rings. The molecule has 0 aromatic carbocycles. The van der Waals surface area contributed by atoms with Gasteiger partial charge in [-0.3, -0.25) is 0 Å². The molecule has 1 heterocycles. The van der Waals surface area contributed by atoms with Crippen molar-refractivity contribution in [2.45, 2.75) is 6.04 Å². The van der Waals surface area contributed by atoms with Crippen LogP contribution in [-0.4, -0.2) is 29.7 Å². The molecule has 1 fully saturated rings. The number of amides is 2. The van der Waals surface area contributed by atoms with Gasteiger partial charge in [-0.2, -0.15) is 0 Å². The molecule has 0 aliphatic carbocycles. The van der Waals surface area contributed by atoms with Crippen LogP contribution in [0.2, 0.25) is 0 Å². The van der Waals surface area contributed by atoms with Gasteiger partial charge in [0.05, 0.1) is 6.54 Å². The summed E-state index contributed by atoms with van der Waals surface area (Å²) in [6, 6.07) is -1.17. The molecule has 0 spiro atoms. The quantitative estimate of drug-likeness (QED) is 0.476. The lowest BCUT2D eigenvalue weighted by Gasteiger charge is -1.97. The fourth-order valence-electron chi connectivity index (χ4n) is 0.604. The van der Waals surface area contributed by atoms with Crippen LogP contribution in [-0.2, 0) is 4.79 Å². The van der Waals surface area contributed by atoms with Crippen LogP contribution < -0.4 is 10.6 Å². The van der Waals surface area contributed by atoms with Crippen molar-refractivity contribution in [3.8, 4) is 0 Å². The number of nitrogens with one attached hydrogen (secondary N) is 2. The summed E-state index contributed by atoms with van der Waals surface area (Å²) in [5.41, 5.74) is 0. The van der Waals surface area contributed by atoms with Crippen molar-refractivity contribution in [3.05, 3.63) is 0 Å². The molecule has 1 aliphatic heterocycles. The van der Waals surface area contributed by atoms with Gasteiger partial charge in [0.15, 0.2) is 0 Å². The first-order valence-corrected chi connectivity index (χ1v) is 2.47. The minimum Gasteiger partial charge on any atom is -0.480 e. The number of urea groups is 1. The van der Waals surface area contributed by atoms with Crippen molar-refractivity contribution < 1.29 is 14.7 Å². The summed E-state index contributed by atoms with van der Waals surface area (Å²) >= 11 is 0. The Morgan fingerprint density at radius 2 is 2.30 bits per heavy atom. The highest BCUT2D eigenvalue weighted by molar-refractivity contribution is 5.86. The number of halogens is 1. The molecule has 58 valence electrons. The fourth-order valence-corrected chi connectivity index (χ4v) is 0.604. The van der Waals surface area contributed by atoms with Crippen LogP contribution >= 0.6 is 12.4 Å². The summed E-state index contributed by atoms with van der Waals surface area (Å²) in [6.45, 7) is 0.175. The van der Waals surface area contributed by atoms with E-state index in [1.807, 2.05) is 0 Å². The van der Waals surface area contributed by atoms with Crippen LogP contribution in [0.25, 0.3) is 0 Å². The van der Waals surface area contributed by atoms with E-state index >= 15 is 0 Å². The van der Waals surface area contributed by atoms with Gasteiger partial charge in [0.1, 0.15) is 6.04 Å². The van der Waals surface area contributed by atoms with Gasteiger partial charge < -0.3 is 15.7 Å². The number of hydrogen-bond donors (Lipinski definition) is 3. The zero-order valence-corrected chi connectivity index (χ0v) is 5.77.